The molecule has 4 rings (SSSR count). The SMILES string of the molecule is Cc1nccc2c1[nH]c1c(-c3ccc(C(F)(F)F)cc3)cc(Cl)cc12. The van der Waals surface area contributed by atoms with Gasteiger partial charge in [-0.05, 0) is 42.8 Å². The monoisotopic (exact) mass is 360 g/mol. The van der Waals surface area contributed by atoms with Crippen molar-refractivity contribution in [3.05, 3.63) is 64.9 Å². The van der Waals surface area contributed by atoms with Gasteiger partial charge in [0, 0.05) is 27.6 Å². The van der Waals surface area contributed by atoms with Gasteiger partial charge in [-0.25, -0.2) is 0 Å². The number of hydrogen-bond acceptors (Lipinski definition) is 1. The van der Waals surface area contributed by atoms with Crippen LogP contribution in [0.25, 0.3) is 32.9 Å². The van der Waals surface area contributed by atoms with Crippen molar-refractivity contribution in [2.45, 2.75) is 13.1 Å². The number of aryl methyl sites for hydroxylation is 1. The maximum absolute atomic E-state index is 12.8. The molecule has 6 heteroatoms. The lowest BCUT2D eigenvalue weighted by Crippen LogP contribution is -2.04. The molecule has 0 saturated heterocycles. The summed E-state index contributed by atoms with van der Waals surface area (Å²) in [6.07, 6.45) is -2.63. The lowest BCUT2D eigenvalue weighted by atomic mass is 10.0. The highest BCUT2D eigenvalue weighted by Gasteiger charge is 2.30. The van der Waals surface area contributed by atoms with E-state index in [1.807, 2.05) is 19.1 Å². The normalized spacial score (nSPS) is 12.2. The Morgan fingerprint density at radius 3 is 2.36 bits per heavy atom. The maximum Gasteiger partial charge on any atom is 0.416 e. The molecule has 0 bridgehead atoms. The van der Waals surface area contributed by atoms with Crippen LogP contribution in [0.1, 0.15) is 11.3 Å². The van der Waals surface area contributed by atoms with Crippen LogP contribution in [0, 0.1) is 6.92 Å². The number of halogens is 4. The van der Waals surface area contributed by atoms with Gasteiger partial charge in [0.25, 0.3) is 0 Å². The van der Waals surface area contributed by atoms with E-state index < -0.39 is 11.7 Å². The first-order valence-electron chi connectivity index (χ1n) is 7.59. The molecule has 0 aliphatic rings. The quantitative estimate of drug-likeness (QED) is 0.420. The van der Waals surface area contributed by atoms with E-state index in [1.54, 1.807) is 12.3 Å². The van der Waals surface area contributed by atoms with Crippen molar-refractivity contribution in [2.24, 2.45) is 0 Å². The van der Waals surface area contributed by atoms with Gasteiger partial charge in [-0.2, -0.15) is 13.2 Å². The Bertz CT molecular complexity index is 1100. The minimum atomic E-state index is -4.36. The summed E-state index contributed by atoms with van der Waals surface area (Å²) in [6, 6.07) is 10.6. The van der Waals surface area contributed by atoms with Crippen LogP contribution < -0.4 is 0 Å². The van der Waals surface area contributed by atoms with E-state index in [-0.39, 0.29) is 0 Å². The lowest BCUT2D eigenvalue weighted by Gasteiger charge is -2.09. The second-order valence-electron chi connectivity index (χ2n) is 5.89. The van der Waals surface area contributed by atoms with Gasteiger partial charge >= 0.3 is 6.18 Å². The number of benzene rings is 2. The third kappa shape index (κ3) is 2.65. The van der Waals surface area contributed by atoms with Gasteiger partial charge in [-0.15, -0.1) is 0 Å². The molecule has 4 aromatic rings. The minimum Gasteiger partial charge on any atom is -0.353 e. The Labute approximate surface area is 146 Å². The zero-order valence-electron chi connectivity index (χ0n) is 13.1. The van der Waals surface area contributed by atoms with Crippen molar-refractivity contribution in [1.29, 1.82) is 0 Å². The molecule has 0 unspecified atom stereocenters. The molecule has 0 fully saturated rings. The molecule has 0 saturated carbocycles. The molecule has 25 heavy (non-hydrogen) atoms. The van der Waals surface area contributed by atoms with E-state index in [9.17, 15) is 13.2 Å². The molecular weight excluding hydrogens is 349 g/mol. The molecule has 0 atom stereocenters. The van der Waals surface area contributed by atoms with E-state index in [1.165, 1.54) is 12.1 Å². The van der Waals surface area contributed by atoms with E-state index in [4.69, 9.17) is 11.6 Å². The lowest BCUT2D eigenvalue weighted by molar-refractivity contribution is -0.137. The first-order valence-corrected chi connectivity index (χ1v) is 7.96. The van der Waals surface area contributed by atoms with Gasteiger partial charge in [0.1, 0.15) is 0 Å². The Hall–Kier alpha value is -2.53. The summed E-state index contributed by atoms with van der Waals surface area (Å²) in [4.78, 5) is 7.62. The van der Waals surface area contributed by atoms with Gasteiger partial charge in [0.15, 0.2) is 0 Å². The fourth-order valence-electron chi connectivity index (χ4n) is 3.09. The zero-order valence-corrected chi connectivity index (χ0v) is 13.8. The Morgan fingerprint density at radius 2 is 1.68 bits per heavy atom. The summed E-state index contributed by atoms with van der Waals surface area (Å²) >= 11 is 6.27. The van der Waals surface area contributed by atoms with Crippen molar-refractivity contribution < 1.29 is 13.2 Å². The van der Waals surface area contributed by atoms with Crippen LogP contribution in [0.15, 0.2) is 48.7 Å². The summed E-state index contributed by atoms with van der Waals surface area (Å²) in [6.45, 7) is 1.90. The predicted octanol–water partition coefficient (Wildman–Crippen LogP) is 6.36. The number of hydrogen-bond donors (Lipinski definition) is 1. The first kappa shape index (κ1) is 16.0. The number of fused-ring (bicyclic) bond motifs is 3. The van der Waals surface area contributed by atoms with Crippen LogP contribution in [0.3, 0.4) is 0 Å². The summed E-state index contributed by atoms with van der Waals surface area (Å²) < 4.78 is 38.4. The Morgan fingerprint density at radius 1 is 0.960 bits per heavy atom. The minimum absolute atomic E-state index is 0.526. The Kier molecular flexibility index (Phi) is 3.51. The van der Waals surface area contributed by atoms with E-state index in [2.05, 4.69) is 9.97 Å². The number of alkyl halides is 3. The van der Waals surface area contributed by atoms with Crippen molar-refractivity contribution in [2.75, 3.05) is 0 Å². The topological polar surface area (TPSA) is 28.7 Å². The molecule has 0 aliphatic carbocycles. The highest BCUT2D eigenvalue weighted by atomic mass is 35.5. The summed E-state index contributed by atoms with van der Waals surface area (Å²) in [5.74, 6) is 0. The van der Waals surface area contributed by atoms with E-state index >= 15 is 0 Å². The molecule has 1 N–H and O–H groups in total. The molecule has 126 valence electrons. The molecule has 0 radical (unpaired) electrons. The first-order chi connectivity index (χ1) is 11.8. The summed E-state index contributed by atoms with van der Waals surface area (Å²) in [5.41, 5.74) is 3.32. The highest BCUT2D eigenvalue weighted by molar-refractivity contribution is 6.32. The molecule has 2 nitrogen and oxygen atoms in total. The van der Waals surface area contributed by atoms with Gasteiger partial charge in [0.2, 0.25) is 0 Å². The highest BCUT2D eigenvalue weighted by Crippen LogP contribution is 2.37. The molecule has 2 aromatic heterocycles. The van der Waals surface area contributed by atoms with Crippen LogP contribution in [0.2, 0.25) is 5.02 Å². The van der Waals surface area contributed by atoms with Crippen LogP contribution in [0.5, 0.6) is 0 Å². The number of rotatable bonds is 1. The second-order valence-corrected chi connectivity index (χ2v) is 6.33. The predicted molar refractivity (Wildman–Crippen MR) is 93.8 cm³/mol. The van der Waals surface area contributed by atoms with Crippen LogP contribution in [-0.2, 0) is 6.18 Å². The number of aromatic nitrogens is 2. The smallest absolute Gasteiger partial charge is 0.353 e. The fraction of sp³-hybridized carbons (Fsp3) is 0.105. The summed E-state index contributed by atoms with van der Waals surface area (Å²) in [5, 5.41) is 2.43. The second kappa shape index (κ2) is 5.49. The average molecular weight is 361 g/mol. The number of H-pyrrole nitrogens is 1. The van der Waals surface area contributed by atoms with Gasteiger partial charge < -0.3 is 4.98 Å². The number of nitrogens with one attached hydrogen (secondary N) is 1. The Balaban J connectivity index is 1.98. The van der Waals surface area contributed by atoms with E-state index in [0.29, 0.717) is 10.6 Å². The molecule has 0 aliphatic heterocycles. The van der Waals surface area contributed by atoms with Gasteiger partial charge in [-0.3, -0.25) is 4.98 Å². The fourth-order valence-corrected chi connectivity index (χ4v) is 3.31. The molecule has 2 aromatic carbocycles. The van der Waals surface area contributed by atoms with Crippen molar-refractivity contribution in [1.82, 2.24) is 9.97 Å². The molecule has 2 heterocycles. The van der Waals surface area contributed by atoms with Gasteiger partial charge in [-0.1, -0.05) is 23.7 Å². The van der Waals surface area contributed by atoms with Gasteiger partial charge in [0.05, 0.1) is 22.3 Å². The third-order valence-corrected chi connectivity index (χ3v) is 4.53. The molecular formula is C19H12ClF3N2. The third-order valence-electron chi connectivity index (χ3n) is 4.31. The van der Waals surface area contributed by atoms with E-state index in [0.717, 1.165) is 45.2 Å². The number of nitrogens with zero attached hydrogens (tertiary/aromatic N) is 1. The van der Waals surface area contributed by atoms with Crippen molar-refractivity contribution in [3.8, 4) is 11.1 Å². The van der Waals surface area contributed by atoms with Crippen molar-refractivity contribution in [3.63, 3.8) is 0 Å². The van der Waals surface area contributed by atoms with Crippen LogP contribution in [-0.4, -0.2) is 9.97 Å². The standard InChI is InChI=1S/C19H12ClF3N2/c1-10-17-14(6-7-24-10)16-9-13(20)8-15(18(16)25-17)11-2-4-12(5-3-11)19(21,22)23/h2-9,25H,1H3. The molecule has 0 spiro atoms. The zero-order chi connectivity index (χ0) is 17.8. The maximum atomic E-state index is 12.8. The number of aromatic amines is 1. The molecule has 0 amide bonds. The number of pyridine rings is 1. The average Bonchev–Trinajstić information content (AvgIpc) is 2.94. The van der Waals surface area contributed by atoms with Crippen molar-refractivity contribution >= 4 is 33.4 Å². The van der Waals surface area contributed by atoms with Crippen LogP contribution >= 0.6 is 11.6 Å². The largest absolute Gasteiger partial charge is 0.416 e. The van der Waals surface area contributed by atoms with Crippen LogP contribution in [0.4, 0.5) is 13.2 Å². The summed E-state index contributed by atoms with van der Waals surface area (Å²) in [7, 11) is 0.